The van der Waals surface area contributed by atoms with Gasteiger partial charge in [0, 0.05) is 31.8 Å². The quantitative estimate of drug-likeness (QED) is 0.876. The second kappa shape index (κ2) is 7.77. The first kappa shape index (κ1) is 18.9. The molecule has 0 bridgehead atoms. The molecule has 1 atom stereocenters. The van der Waals surface area contributed by atoms with Crippen molar-refractivity contribution in [2.24, 2.45) is 0 Å². The normalized spacial score (nSPS) is 19.0. The monoisotopic (exact) mass is 370 g/mol. The lowest BCUT2D eigenvalue weighted by atomic mass is 10.1. The summed E-state index contributed by atoms with van der Waals surface area (Å²) >= 11 is 0. The van der Waals surface area contributed by atoms with E-state index in [2.05, 4.69) is 9.88 Å². The van der Waals surface area contributed by atoms with E-state index in [1.54, 1.807) is 13.0 Å². The van der Waals surface area contributed by atoms with Crippen LogP contribution in [0.25, 0.3) is 11.5 Å². The number of benzene rings is 1. The van der Waals surface area contributed by atoms with Gasteiger partial charge in [0.15, 0.2) is 0 Å². The van der Waals surface area contributed by atoms with Gasteiger partial charge < -0.3 is 14.3 Å². The molecule has 5 nitrogen and oxygen atoms in total. The second-order valence-corrected chi connectivity index (χ2v) is 6.34. The van der Waals surface area contributed by atoms with E-state index in [0.29, 0.717) is 43.1 Å². The Kier molecular flexibility index (Phi) is 5.64. The minimum atomic E-state index is -4.41. The summed E-state index contributed by atoms with van der Waals surface area (Å²) in [5, 5.41) is 9.04. The molecule has 8 heteroatoms. The minimum absolute atomic E-state index is 0.0242. The average Bonchev–Trinajstić information content (AvgIpc) is 2.96. The lowest BCUT2D eigenvalue weighted by Gasteiger charge is -2.32. The summed E-state index contributed by atoms with van der Waals surface area (Å²) in [7, 11) is 0. The molecule has 1 aliphatic heterocycles. The molecular weight excluding hydrogens is 349 g/mol. The van der Waals surface area contributed by atoms with Crippen molar-refractivity contribution in [2.45, 2.75) is 32.2 Å². The van der Waals surface area contributed by atoms with Gasteiger partial charge in [0.2, 0.25) is 5.89 Å². The molecule has 142 valence electrons. The zero-order chi connectivity index (χ0) is 18.7. The number of alkyl halides is 3. The highest BCUT2D eigenvalue weighted by molar-refractivity contribution is 5.55. The maximum absolute atomic E-state index is 12.9. The average molecular weight is 370 g/mol. The third kappa shape index (κ3) is 4.44. The van der Waals surface area contributed by atoms with Crippen LogP contribution in [0.2, 0.25) is 0 Å². The number of halogens is 3. The minimum Gasteiger partial charge on any atom is -0.441 e. The smallest absolute Gasteiger partial charge is 0.416 e. The SMILES string of the molecule is Cc1oc(-c2cccc(C(F)(F)F)c2)nc1CN1CCO[C@@H](CCO)C1. The summed E-state index contributed by atoms with van der Waals surface area (Å²) < 4.78 is 49.9. The maximum Gasteiger partial charge on any atom is 0.416 e. The number of rotatable bonds is 5. The summed E-state index contributed by atoms with van der Waals surface area (Å²) in [5.41, 5.74) is 0.267. The van der Waals surface area contributed by atoms with E-state index in [-0.39, 0.29) is 18.6 Å². The van der Waals surface area contributed by atoms with Crippen LogP contribution in [0, 0.1) is 6.92 Å². The van der Waals surface area contributed by atoms with E-state index in [4.69, 9.17) is 14.3 Å². The molecule has 2 aromatic rings. The predicted octanol–water partition coefficient (Wildman–Crippen LogP) is 3.25. The fourth-order valence-corrected chi connectivity index (χ4v) is 2.98. The highest BCUT2D eigenvalue weighted by atomic mass is 19.4. The number of morpholine rings is 1. The molecular formula is C18H21F3N2O3. The Morgan fingerprint density at radius 2 is 2.15 bits per heavy atom. The molecule has 3 rings (SSSR count). The van der Waals surface area contributed by atoms with Crippen molar-refractivity contribution in [3.63, 3.8) is 0 Å². The second-order valence-electron chi connectivity index (χ2n) is 6.34. The lowest BCUT2D eigenvalue weighted by Crippen LogP contribution is -2.42. The van der Waals surface area contributed by atoms with Crippen LogP contribution in [0.15, 0.2) is 28.7 Å². The Labute approximate surface area is 149 Å². The number of nitrogens with zero attached hydrogens (tertiary/aromatic N) is 2. The third-order valence-corrected chi connectivity index (χ3v) is 4.38. The molecule has 0 unspecified atom stereocenters. The molecule has 2 heterocycles. The van der Waals surface area contributed by atoms with Crippen molar-refractivity contribution in [2.75, 3.05) is 26.3 Å². The van der Waals surface area contributed by atoms with Crippen LogP contribution in [0.5, 0.6) is 0 Å². The highest BCUT2D eigenvalue weighted by Gasteiger charge is 2.31. The summed E-state index contributed by atoms with van der Waals surface area (Å²) in [6.07, 6.45) is -3.86. The summed E-state index contributed by atoms with van der Waals surface area (Å²) in [6, 6.07) is 4.96. The Hall–Kier alpha value is -1.90. The largest absolute Gasteiger partial charge is 0.441 e. The van der Waals surface area contributed by atoms with Crippen LogP contribution >= 0.6 is 0 Å². The lowest BCUT2D eigenvalue weighted by molar-refractivity contribution is -0.137. The van der Waals surface area contributed by atoms with Crippen LogP contribution in [0.4, 0.5) is 13.2 Å². The Morgan fingerprint density at radius 3 is 2.88 bits per heavy atom. The molecule has 1 aliphatic rings. The number of oxazole rings is 1. The fraction of sp³-hybridized carbons (Fsp3) is 0.500. The van der Waals surface area contributed by atoms with E-state index in [0.717, 1.165) is 18.7 Å². The Balaban J connectivity index is 1.75. The third-order valence-electron chi connectivity index (χ3n) is 4.38. The molecule has 1 saturated heterocycles. The Bertz CT molecular complexity index is 744. The van der Waals surface area contributed by atoms with Gasteiger partial charge in [0.05, 0.1) is 24.0 Å². The van der Waals surface area contributed by atoms with Crippen LogP contribution in [-0.4, -0.2) is 47.4 Å². The van der Waals surface area contributed by atoms with Crippen molar-refractivity contribution < 1.29 is 27.4 Å². The number of ether oxygens (including phenoxy) is 1. The predicted molar refractivity (Wildman–Crippen MR) is 88.4 cm³/mol. The molecule has 0 radical (unpaired) electrons. The number of aryl methyl sites for hydroxylation is 1. The van der Waals surface area contributed by atoms with Gasteiger partial charge in [-0.1, -0.05) is 6.07 Å². The molecule has 0 amide bonds. The van der Waals surface area contributed by atoms with Crippen molar-refractivity contribution in [3.05, 3.63) is 41.3 Å². The molecule has 26 heavy (non-hydrogen) atoms. The first-order valence-electron chi connectivity index (χ1n) is 8.45. The van der Waals surface area contributed by atoms with Gasteiger partial charge in [-0.15, -0.1) is 0 Å². The number of hydrogen-bond acceptors (Lipinski definition) is 5. The van der Waals surface area contributed by atoms with Gasteiger partial charge in [-0.3, -0.25) is 4.90 Å². The zero-order valence-electron chi connectivity index (χ0n) is 14.4. The van der Waals surface area contributed by atoms with Gasteiger partial charge >= 0.3 is 6.18 Å². The summed E-state index contributed by atoms with van der Waals surface area (Å²) in [4.78, 5) is 6.55. The van der Waals surface area contributed by atoms with E-state index in [1.165, 1.54) is 6.07 Å². The van der Waals surface area contributed by atoms with Crippen molar-refractivity contribution in [3.8, 4) is 11.5 Å². The fourth-order valence-electron chi connectivity index (χ4n) is 2.98. The van der Waals surface area contributed by atoms with Gasteiger partial charge in [0.1, 0.15) is 5.76 Å². The molecule has 1 N–H and O–H groups in total. The maximum atomic E-state index is 12.9. The molecule has 0 spiro atoms. The van der Waals surface area contributed by atoms with Crippen LogP contribution < -0.4 is 0 Å². The number of aliphatic hydroxyl groups is 1. The molecule has 1 aromatic heterocycles. The summed E-state index contributed by atoms with van der Waals surface area (Å²) in [5.74, 6) is 0.770. The standard InChI is InChI=1S/C18H21F3N2O3/c1-12-16(11-23-6-8-25-15(10-23)5-7-24)22-17(26-12)13-3-2-4-14(9-13)18(19,20)21/h2-4,9,15,24H,5-8,10-11H2,1H3/t15-/m0/s1. The van der Waals surface area contributed by atoms with Gasteiger partial charge in [-0.05, 0) is 31.5 Å². The topological polar surface area (TPSA) is 58.7 Å². The van der Waals surface area contributed by atoms with E-state index < -0.39 is 11.7 Å². The summed E-state index contributed by atoms with van der Waals surface area (Å²) in [6.45, 7) is 4.33. The van der Waals surface area contributed by atoms with Crippen molar-refractivity contribution >= 4 is 0 Å². The molecule has 0 saturated carbocycles. The zero-order valence-corrected chi connectivity index (χ0v) is 14.4. The van der Waals surface area contributed by atoms with Crippen LogP contribution in [0.1, 0.15) is 23.4 Å². The highest BCUT2D eigenvalue weighted by Crippen LogP contribution is 2.32. The van der Waals surface area contributed by atoms with E-state index in [9.17, 15) is 13.2 Å². The van der Waals surface area contributed by atoms with Gasteiger partial charge in [-0.2, -0.15) is 13.2 Å². The molecule has 1 aromatic carbocycles. The number of aliphatic hydroxyl groups excluding tert-OH is 1. The molecule has 0 aliphatic carbocycles. The number of hydrogen-bond donors (Lipinski definition) is 1. The first-order chi connectivity index (χ1) is 12.4. The Morgan fingerprint density at radius 1 is 1.35 bits per heavy atom. The van der Waals surface area contributed by atoms with Gasteiger partial charge in [0.25, 0.3) is 0 Å². The van der Waals surface area contributed by atoms with Crippen LogP contribution in [-0.2, 0) is 17.5 Å². The number of aromatic nitrogens is 1. The van der Waals surface area contributed by atoms with Crippen molar-refractivity contribution in [1.29, 1.82) is 0 Å². The van der Waals surface area contributed by atoms with E-state index in [1.807, 2.05) is 0 Å². The molecule has 1 fully saturated rings. The van der Waals surface area contributed by atoms with E-state index >= 15 is 0 Å². The van der Waals surface area contributed by atoms with Crippen LogP contribution in [0.3, 0.4) is 0 Å². The first-order valence-corrected chi connectivity index (χ1v) is 8.45. The van der Waals surface area contributed by atoms with Crippen molar-refractivity contribution in [1.82, 2.24) is 9.88 Å². The van der Waals surface area contributed by atoms with Gasteiger partial charge in [-0.25, -0.2) is 4.98 Å².